The van der Waals surface area contributed by atoms with Gasteiger partial charge >= 0.3 is 0 Å². The van der Waals surface area contributed by atoms with Gasteiger partial charge in [-0.3, -0.25) is 0 Å². The summed E-state index contributed by atoms with van der Waals surface area (Å²) in [4.78, 5) is 0. The fourth-order valence-corrected chi connectivity index (χ4v) is 0.423. The maximum Gasteiger partial charge on any atom is 0.0572 e. The van der Waals surface area contributed by atoms with E-state index < -0.39 is 0 Å². The Hall–Kier alpha value is -0.260. The molecule has 0 aliphatic rings. The summed E-state index contributed by atoms with van der Waals surface area (Å²) in [6.45, 7) is 4.06. The molecule has 0 spiro atoms. The number of rotatable bonds is 3. The summed E-state index contributed by atoms with van der Waals surface area (Å²) >= 11 is 0. The molecule has 0 heteroatoms. The van der Waals surface area contributed by atoms with Crippen LogP contribution in [-0.2, 0) is 0 Å². The molecule has 0 heterocycles. The van der Waals surface area contributed by atoms with E-state index in [1.165, 1.54) is 6.42 Å². The second-order valence-electron chi connectivity index (χ2n) is 1.60. The lowest BCUT2D eigenvalue weighted by Crippen LogP contribution is -1.63. The van der Waals surface area contributed by atoms with Crippen molar-refractivity contribution in [1.82, 2.24) is 0 Å². The fraction of sp³-hybridized carbons (Fsp3) is 0.714. The SMILES string of the molecule is [3H]/C(=C\C)CCCC. The molecule has 7 heavy (non-hydrogen) atoms. The first-order valence-electron chi connectivity index (χ1n) is 3.43. The van der Waals surface area contributed by atoms with Gasteiger partial charge in [-0.2, -0.15) is 0 Å². The van der Waals surface area contributed by atoms with Gasteiger partial charge in [0.1, 0.15) is 0 Å². The number of hydrogen-bond donors (Lipinski definition) is 0. The first-order chi connectivity index (χ1) is 3.81. The van der Waals surface area contributed by atoms with Crippen LogP contribution < -0.4 is 0 Å². The number of unbranched alkanes of at least 4 members (excludes halogenated alkanes) is 1. The van der Waals surface area contributed by atoms with E-state index in [0.29, 0.717) is 0 Å². The largest absolute Gasteiger partial charge is 0.0917 e. The molecule has 0 atom stereocenters. The van der Waals surface area contributed by atoms with Crippen LogP contribution in [0.1, 0.15) is 34.5 Å². The highest BCUT2D eigenvalue weighted by molar-refractivity contribution is 4.75. The molecule has 0 aliphatic carbocycles. The molecule has 0 unspecified atom stereocenters. The highest BCUT2D eigenvalue weighted by Crippen LogP contribution is 1.93. The average Bonchev–Trinajstić information content (AvgIpc) is 1.83. The van der Waals surface area contributed by atoms with Crippen LogP contribution in [0.15, 0.2) is 12.1 Å². The Labute approximate surface area is 47.6 Å². The van der Waals surface area contributed by atoms with Crippen LogP contribution >= 0.6 is 0 Å². The summed E-state index contributed by atoms with van der Waals surface area (Å²) in [5, 5.41) is 0. The van der Waals surface area contributed by atoms with Crippen molar-refractivity contribution >= 4 is 0 Å². The molecule has 0 bridgehead atoms. The minimum Gasteiger partial charge on any atom is -0.0917 e. The van der Waals surface area contributed by atoms with Crippen molar-refractivity contribution in [3.63, 3.8) is 0 Å². The molecular weight excluding hydrogens is 84.1 g/mol. The predicted molar refractivity (Wildman–Crippen MR) is 34.3 cm³/mol. The highest BCUT2D eigenvalue weighted by Gasteiger charge is 1.73. The highest BCUT2D eigenvalue weighted by atomic mass is 13.8. The normalized spacial score (nSPS) is 14.0. The van der Waals surface area contributed by atoms with Crippen LogP contribution in [0, 0.1) is 0 Å². The Balaban J connectivity index is 3.12. The van der Waals surface area contributed by atoms with Crippen molar-refractivity contribution in [3.05, 3.63) is 12.1 Å². The third-order valence-corrected chi connectivity index (χ3v) is 0.879. The van der Waals surface area contributed by atoms with Gasteiger partial charge < -0.3 is 0 Å². The lowest BCUT2D eigenvalue weighted by atomic mass is 10.2. The zero-order valence-electron chi connectivity index (χ0n) is 6.20. The van der Waals surface area contributed by atoms with E-state index in [4.69, 9.17) is 1.37 Å². The van der Waals surface area contributed by atoms with Gasteiger partial charge in [-0.05, 0) is 13.3 Å². The maximum atomic E-state index is 7.19. The number of hydrogen-bond acceptors (Lipinski definition) is 0. The van der Waals surface area contributed by atoms with Gasteiger partial charge in [0, 0.05) is 0 Å². The standard InChI is InChI=1S/C7H14/c1-3-5-7-6-4-2/h3,5H,4,6-7H2,1-2H3/b5-3+/i5T. The van der Waals surface area contributed by atoms with Gasteiger partial charge in [0.05, 0.1) is 1.37 Å². The quantitative estimate of drug-likeness (QED) is 0.478. The van der Waals surface area contributed by atoms with Gasteiger partial charge in [-0.25, -0.2) is 0 Å². The monoisotopic (exact) mass is 100 g/mol. The average molecular weight is 100 g/mol. The van der Waals surface area contributed by atoms with Crippen molar-refractivity contribution in [1.29, 1.82) is 0 Å². The van der Waals surface area contributed by atoms with E-state index in [1.807, 2.05) is 13.0 Å². The molecule has 0 nitrogen and oxygen atoms in total. The summed E-state index contributed by atoms with van der Waals surface area (Å²) in [6, 6.07) is 0.770. The van der Waals surface area contributed by atoms with Crippen LogP contribution in [0.3, 0.4) is 0 Å². The van der Waals surface area contributed by atoms with Crippen molar-refractivity contribution in [3.8, 4) is 0 Å². The van der Waals surface area contributed by atoms with Gasteiger partial charge in [0.2, 0.25) is 0 Å². The van der Waals surface area contributed by atoms with Crippen molar-refractivity contribution in [2.75, 3.05) is 0 Å². The van der Waals surface area contributed by atoms with E-state index >= 15 is 0 Å². The van der Waals surface area contributed by atoms with Crippen molar-refractivity contribution in [2.45, 2.75) is 33.1 Å². The summed E-state index contributed by atoms with van der Waals surface area (Å²) in [5.41, 5.74) is 0. The third-order valence-electron chi connectivity index (χ3n) is 0.879. The smallest absolute Gasteiger partial charge is 0.0572 e. The lowest BCUT2D eigenvalue weighted by Gasteiger charge is -1.83. The molecule has 42 valence electrons. The first kappa shape index (κ1) is 4.89. The molecule has 0 aliphatic heterocycles. The minimum absolute atomic E-state index is 0.770. The van der Waals surface area contributed by atoms with E-state index in [-0.39, 0.29) is 0 Å². The molecule has 0 fully saturated rings. The first-order valence-corrected chi connectivity index (χ1v) is 2.93. The predicted octanol–water partition coefficient (Wildman–Crippen LogP) is 2.75. The van der Waals surface area contributed by atoms with Crippen LogP contribution in [-0.4, -0.2) is 0 Å². The Morgan fingerprint density at radius 1 is 1.71 bits per heavy atom. The second-order valence-corrected chi connectivity index (χ2v) is 1.60. The Kier molecular flexibility index (Phi) is 4.01. The number of allylic oxidation sites excluding steroid dienone is 2. The molecule has 0 saturated carbocycles. The summed E-state index contributed by atoms with van der Waals surface area (Å²) in [5.74, 6) is 0. The third kappa shape index (κ3) is 5.74. The summed E-state index contributed by atoms with van der Waals surface area (Å²) in [6.07, 6.45) is 5.15. The molecule has 0 radical (unpaired) electrons. The Morgan fingerprint density at radius 3 is 2.86 bits per heavy atom. The van der Waals surface area contributed by atoms with Crippen molar-refractivity contribution in [2.24, 2.45) is 0 Å². The molecule has 0 rings (SSSR count). The fourth-order valence-electron chi connectivity index (χ4n) is 0.423. The van der Waals surface area contributed by atoms with Crippen LogP contribution in [0.25, 0.3) is 0 Å². The van der Waals surface area contributed by atoms with Crippen LogP contribution in [0.2, 0.25) is 0 Å². The zero-order valence-corrected chi connectivity index (χ0v) is 5.20. The Morgan fingerprint density at radius 2 is 2.43 bits per heavy atom. The Bertz CT molecular complexity index is 74.5. The maximum absolute atomic E-state index is 7.19. The van der Waals surface area contributed by atoms with Crippen LogP contribution in [0.5, 0.6) is 0 Å². The molecule has 0 saturated heterocycles. The molecular formula is C7H14. The lowest BCUT2D eigenvalue weighted by molar-refractivity contribution is 0.814. The minimum atomic E-state index is 0.770. The van der Waals surface area contributed by atoms with Crippen molar-refractivity contribution < 1.29 is 1.37 Å². The van der Waals surface area contributed by atoms with Crippen LogP contribution in [0.4, 0.5) is 0 Å². The van der Waals surface area contributed by atoms with E-state index in [2.05, 4.69) is 6.92 Å². The van der Waals surface area contributed by atoms with E-state index in [0.717, 1.165) is 18.9 Å². The molecule has 0 amide bonds. The second kappa shape index (κ2) is 5.74. The van der Waals surface area contributed by atoms with Gasteiger partial charge in [0.15, 0.2) is 0 Å². The van der Waals surface area contributed by atoms with Gasteiger partial charge in [-0.1, -0.05) is 31.9 Å². The topological polar surface area (TPSA) is 0 Å². The van der Waals surface area contributed by atoms with E-state index in [1.54, 1.807) is 0 Å². The van der Waals surface area contributed by atoms with Gasteiger partial charge in [0.25, 0.3) is 0 Å². The molecule has 0 N–H and O–H groups in total. The summed E-state index contributed by atoms with van der Waals surface area (Å²) in [7, 11) is 0. The molecule has 0 aromatic carbocycles. The molecule has 0 aromatic heterocycles. The van der Waals surface area contributed by atoms with E-state index in [9.17, 15) is 0 Å². The zero-order chi connectivity index (χ0) is 6.41. The van der Waals surface area contributed by atoms with Gasteiger partial charge in [-0.15, -0.1) is 0 Å². The molecule has 0 aromatic rings. The summed E-state index contributed by atoms with van der Waals surface area (Å²) < 4.78 is 7.19.